The van der Waals surface area contributed by atoms with Crippen LogP contribution < -0.4 is 4.72 Å². The molecular formula is C29H30N4O3S. The van der Waals surface area contributed by atoms with Crippen LogP contribution in [-0.2, 0) is 10.0 Å². The molecule has 0 aliphatic carbocycles. The number of aryl methyl sites for hydroxylation is 1. The Balaban J connectivity index is 1.27. The third-order valence-electron chi connectivity index (χ3n) is 7.03. The third-order valence-corrected chi connectivity index (χ3v) is 8.43. The number of sulfonamides is 1. The number of fused-ring (bicyclic) bond motifs is 1. The molecule has 0 radical (unpaired) electrons. The van der Waals surface area contributed by atoms with Gasteiger partial charge in [-0.05, 0) is 55.3 Å². The fourth-order valence-corrected chi connectivity index (χ4v) is 6.15. The van der Waals surface area contributed by atoms with E-state index in [4.69, 9.17) is 0 Å². The Bertz CT molecular complexity index is 1530. The van der Waals surface area contributed by atoms with Crippen LogP contribution in [0.25, 0.3) is 10.9 Å². The van der Waals surface area contributed by atoms with Gasteiger partial charge in [-0.15, -0.1) is 0 Å². The number of aromatic nitrogens is 1. The van der Waals surface area contributed by atoms with Crippen molar-refractivity contribution in [1.82, 2.24) is 14.8 Å². The summed E-state index contributed by atoms with van der Waals surface area (Å²) in [4.78, 5) is 21.9. The number of carbonyl (C=O) groups excluding carboxylic acids is 1. The normalized spacial score (nSPS) is 15.5. The van der Waals surface area contributed by atoms with Gasteiger partial charge in [0, 0.05) is 49.4 Å². The number of hydrogen-bond donors (Lipinski definition) is 1. The molecule has 4 aromatic rings. The molecule has 1 atom stereocenters. The van der Waals surface area contributed by atoms with Crippen molar-refractivity contribution < 1.29 is 13.2 Å². The van der Waals surface area contributed by atoms with Crippen molar-refractivity contribution >= 4 is 32.5 Å². The molecule has 1 aliphatic heterocycles. The first kappa shape index (κ1) is 24.9. The maximum atomic E-state index is 13.2. The summed E-state index contributed by atoms with van der Waals surface area (Å²) >= 11 is 0. The third kappa shape index (κ3) is 5.21. The van der Waals surface area contributed by atoms with E-state index in [9.17, 15) is 13.2 Å². The monoisotopic (exact) mass is 514 g/mol. The Morgan fingerprint density at radius 2 is 1.65 bits per heavy atom. The van der Waals surface area contributed by atoms with Crippen LogP contribution in [0.1, 0.15) is 34.5 Å². The van der Waals surface area contributed by atoms with E-state index in [1.54, 1.807) is 49.5 Å². The summed E-state index contributed by atoms with van der Waals surface area (Å²) in [7, 11) is -3.87. The predicted molar refractivity (Wildman–Crippen MR) is 146 cm³/mol. The van der Waals surface area contributed by atoms with E-state index in [0.717, 1.165) is 18.5 Å². The van der Waals surface area contributed by atoms with E-state index in [1.807, 2.05) is 23.1 Å². The van der Waals surface area contributed by atoms with E-state index in [-0.39, 0.29) is 10.8 Å². The number of nitrogens with zero attached hydrogens (tertiary/aromatic N) is 3. The van der Waals surface area contributed by atoms with Crippen LogP contribution in [-0.4, -0.2) is 55.3 Å². The molecule has 0 spiro atoms. The average molecular weight is 515 g/mol. The molecule has 5 rings (SSSR count). The fraction of sp³-hybridized carbons (Fsp3) is 0.241. The Morgan fingerprint density at radius 1 is 0.919 bits per heavy atom. The molecule has 1 N–H and O–H groups in total. The van der Waals surface area contributed by atoms with E-state index in [2.05, 4.69) is 45.8 Å². The summed E-state index contributed by atoms with van der Waals surface area (Å²) in [6.45, 7) is 6.91. The van der Waals surface area contributed by atoms with Crippen LogP contribution in [0.2, 0.25) is 0 Å². The summed E-state index contributed by atoms with van der Waals surface area (Å²) in [5.41, 5.74) is 3.36. The minimum absolute atomic E-state index is 0.0391. The first-order chi connectivity index (χ1) is 17.8. The lowest BCUT2D eigenvalue weighted by atomic mass is 10.1. The number of piperazine rings is 1. The van der Waals surface area contributed by atoms with E-state index in [0.29, 0.717) is 41.5 Å². The van der Waals surface area contributed by atoms with Gasteiger partial charge in [-0.3, -0.25) is 19.4 Å². The van der Waals surface area contributed by atoms with Gasteiger partial charge in [0.2, 0.25) is 0 Å². The summed E-state index contributed by atoms with van der Waals surface area (Å²) in [5, 5.41) is 0.751. The van der Waals surface area contributed by atoms with Gasteiger partial charge in [-0.25, -0.2) is 8.42 Å². The van der Waals surface area contributed by atoms with Gasteiger partial charge in [0.15, 0.2) is 0 Å². The molecule has 7 nitrogen and oxygen atoms in total. The number of benzene rings is 3. The summed E-state index contributed by atoms with van der Waals surface area (Å²) in [6, 6.07) is 24.5. The first-order valence-corrected chi connectivity index (χ1v) is 13.9. The van der Waals surface area contributed by atoms with Gasteiger partial charge in [-0.2, -0.15) is 0 Å². The molecule has 2 heterocycles. The highest BCUT2D eigenvalue weighted by Crippen LogP contribution is 2.26. The number of para-hydroxylation sites is 1. The molecule has 0 saturated carbocycles. The lowest BCUT2D eigenvalue weighted by molar-refractivity contribution is 0.0582. The Labute approximate surface area is 217 Å². The van der Waals surface area contributed by atoms with Crippen molar-refractivity contribution in [2.75, 3.05) is 30.9 Å². The zero-order valence-electron chi connectivity index (χ0n) is 21.0. The van der Waals surface area contributed by atoms with Crippen LogP contribution in [0.5, 0.6) is 0 Å². The van der Waals surface area contributed by atoms with E-state index in [1.165, 1.54) is 5.56 Å². The summed E-state index contributed by atoms with van der Waals surface area (Å²) in [5.74, 6) is -0.0391. The van der Waals surface area contributed by atoms with Crippen LogP contribution in [0.15, 0.2) is 90.0 Å². The zero-order chi connectivity index (χ0) is 26.0. The molecule has 0 bridgehead atoms. The van der Waals surface area contributed by atoms with Crippen molar-refractivity contribution in [2.45, 2.75) is 24.8 Å². The number of hydrogen-bond acceptors (Lipinski definition) is 5. The second kappa shape index (κ2) is 10.3. The molecule has 190 valence electrons. The maximum absolute atomic E-state index is 13.2. The Hall–Kier alpha value is -3.75. The minimum Gasteiger partial charge on any atom is -0.336 e. The Kier molecular flexibility index (Phi) is 6.95. The smallest absolute Gasteiger partial charge is 0.264 e. The number of pyridine rings is 1. The highest BCUT2D eigenvalue weighted by molar-refractivity contribution is 7.93. The molecule has 1 amide bonds. The quantitative estimate of drug-likeness (QED) is 0.397. The molecule has 1 fully saturated rings. The minimum atomic E-state index is -3.87. The highest BCUT2D eigenvalue weighted by Gasteiger charge is 2.26. The zero-order valence-corrected chi connectivity index (χ0v) is 21.8. The van der Waals surface area contributed by atoms with E-state index < -0.39 is 10.0 Å². The highest BCUT2D eigenvalue weighted by atomic mass is 32.2. The van der Waals surface area contributed by atoms with Gasteiger partial charge in [-0.1, -0.05) is 48.5 Å². The lowest BCUT2D eigenvalue weighted by Crippen LogP contribution is -2.49. The van der Waals surface area contributed by atoms with Crippen molar-refractivity contribution in [3.63, 3.8) is 0 Å². The molecule has 1 aromatic heterocycles. The van der Waals surface area contributed by atoms with Crippen LogP contribution in [0.4, 0.5) is 5.69 Å². The number of carbonyl (C=O) groups is 1. The van der Waals surface area contributed by atoms with Crippen LogP contribution in [0, 0.1) is 6.92 Å². The van der Waals surface area contributed by atoms with Gasteiger partial charge in [0.1, 0.15) is 4.90 Å². The number of nitrogens with one attached hydrogen (secondary N) is 1. The summed E-state index contributed by atoms with van der Waals surface area (Å²) in [6.07, 6.45) is 1.58. The van der Waals surface area contributed by atoms with Gasteiger partial charge in [0.25, 0.3) is 15.9 Å². The molecule has 8 heteroatoms. The molecule has 37 heavy (non-hydrogen) atoms. The first-order valence-electron chi connectivity index (χ1n) is 12.4. The Morgan fingerprint density at radius 3 is 2.38 bits per heavy atom. The predicted octanol–water partition coefficient (Wildman–Crippen LogP) is 4.86. The molecule has 3 aromatic carbocycles. The number of anilines is 1. The second-order valence-electron chi connectivity index (χ2n) is 9.38. The second-order valence-corrected chi connectivity index (χ2v) is 11.0. The number of rotatable bonds is 6. The standard InChI is InChI=1S/C29H30N4O3S/c1-21-20-25(29(34)33-18-16-32(17-19-33)22(2)23-8-4-3-5-9-23)13-14-26(21)31-37(35,36)27-12-6-10-24-11-7-15-30-28(24)27/h3-15,20,22,31H,16-19H2,1-2H3. The number of amides is 1. The molecular weight excluding hydrogens is 484 g/mol. The van der Waals surface area contributed by atoms with Gasteiger partial charge < -0.3 is 4.90 Å². The maximum Gasteiger partial charge on any atom is 0.264 e. The molecule has 1 aliphatic rings. The summed E-state index contributed by atoms with van der Waals surface area (Å²) < 4.78 is 29.1. The van der Waals surface area contributed by atoms with Crippen LogP contribution in [0.3, 0.4) is 0 Å². The van der Waals surface area contributed by atoms with Crippen molar-refractivity contribution in [3.8, 4) is 0 Å². The van der Waals surface area contributed by atoms with E-state index >= 15 is 0 Å². The van der Waals surface area contributed by atoms with Crippen molar-refractivity contribution in [1.29, 1.82) is 0 Å². The fourth-order valence-electron chi connectivity index (χ4n) is 4.84. The topological polar surface area (TPSA) is 82.6 Å². The van der Waals surface area contributed by atoms with Crippen molar-refractivity contribution in [3.05, 3.63) is 102 Å². The SMILES string of the molecule is Cc1cc(C(=O)N2CCN(C(C)c3ccccc3)CC2)ccc1NS(=O)(=O)c1cccc2cccnc12. The largest absolute Gasteiger partial charge is 0.336 e. The molecule has 1 saturated heterocycles. The van der Waals surface area contributed by atoms with Gasteiger partial charge >= 0.3 is 0 Å². The lowest BCUT2D eigenvalue weighted by Gasteiger charge is -2.38. The van der Waals surface area contributed by atoms with Crippen LogP contribution >= 0.6 is 0 Å². The van der Waals surface area contributed by atoms with Gasteiger partial charge in [0.05, 0.1) is 11.2 Å². The van der Waals surface area contributed by atoms with Crippen molar-refractivity contribution in [2.24, 2.45) is 0 Å². The average Bonchev–Trinajstić information content (AvgIpc) is 2.93. The molecule has 1 unspecified atom stereocenters.